The van der Waals surface area contributed by atoms with Crippen LogP contribution in [0.4, 0.5) is 0 Å². The molecule has 1 aromatic carbocycles. The van der Waals surface area contributed by atoms with Gasteiger partial charge in [-0.25, -0.2) is 8.42 Å². The topological polar surface area (TPSA) is 57.9 Å². The van der Waals surface area contributed by atoms with Crippen molar-refractivity contribution < 1.29 is 8.42 Å². The smallest absolute Gasteiger partial charge is 0.207 e. The second kappa shape index (κ2) is 4.71. The zero-order valence-corrected chi connectivity index (χ0v) is 11.1. The van der Waals surface area contributed by atoms with Gasteiger partial charge in [-0.05, 0) is 33.6 Å². The van der Waals surface area contributed by atoms with Gasteiger partial charge in [-0.2, -0.15) is 5.26 Å². The van der Waals surface area contributed by atoms with Gasteiger partial charge in [0.25, 0.3) is 9.05 Å². The van der Waals surface area contributed by atoms with E-state index in [0.29, 0.717) is 11.1 Å². The molecule has 0 unspecified atom stereocenters. The number of rotatable bonds is 2. The molecule has 0 atom stereocenters. The number of hydrogen-bond donors (Lipinski definition) is 0. The van der Waals surface area contributed by atoms with Crippen LogP contribution in [0.2, 0.25) is 0 Å². The zero-order valence-electron chi connectivity index (χ0n) is 7.17. The van der Waals surface area contributed by atoms with Crippen molar-refractivity contribution in [2.45, 2.75) is 10.8 Å². The minimum absolute atomic E-state index is 0.0512. The van der Waals surface area contributed by atoms with E-state index < -0.39 is 9.05 Å². The molecule has 80 valence electrons. The van der Waals surface area contributed by atoms with Crippen LogP contribution in [0.3, 0.4) is 0 Å². The number of hydrogen-bond acceptors (Lipinski definition) is 3. The van der Waals surface area contributed by atoms with Crippen molar-refractivity contribution in [2.75, 3.05) is 0 Å². The predicted molar refractivity (Wildman–Crippen MR) is 61.5 cm³/mol. The van der Waals surface area contributed by atoms with E-state index in [4.69, 9.17) is 27.5 Å². The van der Waals surface area contributed by atoms with Gasteiger partial charge in [-0.15, -0.1) is 11.6 Å². The summed E-state index contributed by atoms with van der Waals surface area (Å²) in [6.45, 7) is 0. The molecule has 15 heavy (non-hydrogen) atoms. The van der Waals surface area contributed by atoms with E-state index in [9.17, 15) is 8.42 Å². The fourth-order valence-corrected chi connectivity index (χ4v) is 3.44. The molecule has 0 saturated carbocycles. The molecule has 1 aromatic rings. The molecule has 1 rings (SSSR count). The molecule has 0 saturated heterocycles. The molecule has 7 heteroatoms. The molecular weight excluding hydrogens is 325 g/mol. The van der Waals surface area contributed by atoms with Crippen LogP contribution < -0.4 is 0 Å². The van der Waals surface area contributed by atoms with E-state index in [1.165, 1.54) is 12.1 Å². The fraction of sp³-hybridized carbons (Fsp3) is 0.125. The van der Waals surface area contributed by atoms with Crippen molar-refractivity contribution in [2.24, 2.45) is 0 Å². The van der Waals surface area contributed by atoms with Crippen LogP contribution in [0, 0.1) is 11.3 Å². The minimum atomic E-state index is -3.83. The summed E-state index contributed by atoms with van der Waals surface area (Å²) in [4.78, 5) is -0.0844. The van der Waals surface area contributed by atoms with Crippen molar-refractivity contribution in [3.63, 3.8) is 0 Å². The van der Waals surface area contributed by atoms with Gasteiger partial charge in [-0.1, -0.05) is 0 Å². The average Bonchev–Trinajstić information content (AvgIpc) is 2.15. The van der Waals surface area contributed by atoms with Gasteiger partial charge in [0.05, 0.1) is 16.5 Å². The first kappa shape index (κ1) is 12.8. The normalized spacial score (nSPS) is 11.1. The lowest BCUT2D eigenvalue weighted by Crippen LogP contribution is -1.96. The molecule has 0 N–H and O–H groups in total. The Bertz CT molecular complexity index is 536. The Morgan fingerprint density at radius 1 is 1.47 bits per heavy atom. The highest BCUT2D eigenvalue weighted by atomic mass is 79.9. The van der Waals surface area contributed by atoms with Crippen molar-refractivity contribution >= 4 is 47.3 Å². The lowest BCUT2D eigenvalue weighted by Gasteiger charge is -2.05. The number of benzene rings is 1. The van der Waals surface area contributed by atoms with Crippen molar-refractivity contribution in [1.29, 1.82) is 5.26 Å². The Morgan fingerprint density at radius 2 is 2.07 bits per heavy atom. The third-order valence-corrected chi connectivity index (χ3v) is 4.25. The lowest BCUT2D eigenvalue weighted by atomic mass is 10.1. The second-order valence-electron chi connectivity index (χ2n) is 2.62. The molecule has 0 fully saturated rings. The Labute approximate surface area is 105 Å². The SMILES string of the molecule is N#Cc1cc(Br)c(S(=O)(=O)Cl)cc1CCl. The first-order chi connectivity index (χ1) is 6.90. The van der Waals surface area contributed by atoms with E-state index in [2.05, 4.69) is 15.9 Å². The highest BCUT2D eigenvalue weighted by Crippen LogP contribution is 2.29. The Morgan fingerprint density at radius 3 is 2.47 bits per heavy atom. The van der Waals surface area contributed by atoms with Crippen LogP contribution in [0.25, 0.3) is 0 Å². The van der Waals surface area contributed by atoms with Gasteiger partial charge < -0.3 is 0 Å². The summed E-state index contributed by atoms with van der Waals surface area (Å²) in [6, 6.07) is 4.59. The van der Waals surface area contributed by atoms with E-state index in [0.717, 1.165) is 0 Å². The summed E-state index contributed by atoms with van der Waals surface area (Å²) in [5.41, 5.74) is 0.752. The van der Waals surface area contributed by atoms with Gasteiger partial charge in [0.2, 0.25) is 0 Å². The zero-order chi connectivity index (χ0) is 11.6. The third-order valence-electron chi connectivity index (χ3n) is 1.68. The summed E-state index contributed by atoms with van der Waals surface area (Å²) in [5, 5.41) is 8.76. The minimum Gasteiger partial charge on any atom is -0.207 e. The lowest BCUT2D eigenvalue weighted by molar-refractivity contribution is 0.609. The summed E-state index contributed by atoms with van der Waals surface area (Å²) in [7, 11) is 1.37. The van der Waals surface area contributed by atoms with E-state index in [1.54, 1.807) is 0 Å². The quantitative estimate of drug-likeness (QED) is 0.619. The van der Waals surface area contributed by atoms with Crippen molar-refractivity contribution in [3.8, 4) is 6.07 Å². The monoisotopic (exact) mass is 327 g/mol. The molecule has 0 spiro atoms. The van der Waals surface area contributed by atoms with Crippen molar-refractivity contribution in [3.05, 3.63) is 27.7 Å². The van der Waals surface area contributed by atoms with E-state index in [1.807, 2.05) is 6.07 Å². The van der Waals surface area contributed by atoms with Gasteiger partial charge in [0, 0.05) is 21.0 Å². The van der Waals surface area contributed by atoms with Crippen LogP contribution in [0.15, 0.2) is 21.5 Å². The third kappa shape index (κ3) is 2.85. The maximum Gasteiger partial charge on any atom is 0.262 e. The Hall–Kier alpha value is -0.280. The molecule has 0 amide bonds. The average molecular weight is 329 g/mol. The van der Waals surface area contributed by atoms with Gasteiger partial charge in [-0.3, -0.25) is 0 Å². The second-order valence-corrected chi connectivity index (χ2v) is 6.28. The summed E-state index contributed by atoms with van der Waals surface area (Å²) < 4.78 is 22.5. The number of nitriles is 1. The van der Waals surface area contributed by atoms with Crippen LogP contribution >= 0.6 is 38.2 Å². The summed E-state index contributed by atoms with van der Waals surface area (Å²) >= 11 is 8.61. The Balaban J connectivity index is 3.55. The van der Waals surface area contributed by atoms with Crippen LogP contribution in [0.5, 0.6) is 0 Å². The van der Waals surface area contributed by atoms with Gasteiger partial charge in [0.15, 0.2) is 0 Å². The Kier molecular flexibility index (Phi) is 4.01. The molecule has 0 aliphatic heterocycles. The molecule has 0 radical (unpaired) electrons. The maximum atomic E-state index is 11.1. The van der Waals surface area contributed by atoms with Crippen LogP contribution in [-0.2, 0) is 14.9 Å². The largest absolute Gasteiger partial charge is 0.262 e. The van der Waals surface area contributed by atoms with E-state index >= 15 is 0 Å². The predicted octanol–water partition coefficient (Wildman–Crippen LogP) is 2.99. The van der Waals surface area contributed by atoms with Crippen molar-refractivity contribution in [1.82, 2.24) is 0 Å². The molecule has 3 nitrogen and oxygen atoms in total. The molecular formula is C8H4BrCl2NO2S. The molecule has 0 aliphatic rings. The maximum absolute atomic E-state index is 11.1. The van der Waals surface area contributed by atoms with Gasteiger partial charge >= 0.3 is 0 Å². The van der Waals surface area contributed by atoms with Gasteiger partial charge in [0.1, 0.15) is 0 Å². The first-order valence-electron chi connectivity index (χ1n) is 3.63. The van der Waals surface area contributed by atoms with Crippen LogP contribution in [-0.4, -0.2) is 8.42 Å². The van der Waals surface area contributed by atoms with Crippen LogP contribution in [0.1, 0.15) is 11.1 Å². The molecule has 0 aliphatic carbocycles. The standard InChI is InChI=1S/C8H4BrCl2NO2S/c9-7-1-6(4-12)5(3-10)2-8(7)15(11,13)14/h1-2H,3H2. The molecule has 0 bridgehead atoms. The number of nitrogens with zero attached hydrogens (tertiary/aromatic N) is 1. The highest BCUT2D eigenvalue weighted by molar-refractivity contribution is 9.10. The number of alkyl halides is 1. The number of halogens is 3. The molecule has 0 aromatic heterocycles. The summed E-state index contributed by atoms with van der Waals surface area (Å²) in [5.74, 6) is 0.0512. The summed E-state index contributed by atoms with van der Waals surface area (Å²) in [6.07, 6.45) is 0. The first-order valence-corrected chi connectivity index (χ1v) is 7.27. The fourth-order valence-electron chi connectivity index (χ4n) is 0.997. The molecule has 0 heterocycles. The van der Waals surface area contributed by atoms with E-state index in [-0.39, 0.29) is 15.2 Å². The highest BCUT2D eigenvalue weighted by Gasteiger charge is 2.17.